The summed E-state index contributed by atoms with van der Waals surface area (Å²) in [4.78, 5) is 11.9. The molecule has 0 aliphatic carbocycles. The van der Waals surface area contributed by atoms with Crippen molar-refractivity contribution in [2.75, 3.05) is 13.1 Å². The monoisotopic (exact) mass is 148 g/mol. The van der Waals surface area contributed by atoms with Crippen molar-refractivity contribution in [3.63, 3.8) is 0 Å². The number of hydroxylamine groups is 2. The highest BCUT2D eigenvalue weighted by molar-refractivity contribution is 5.71. The molecule has 2 N–H and O–H groups in total. The molecule has 0 atom stereocenters. The van der Waals surface area contributed by atoms with E-state index in [-0.39, 0.29) is 0 Å². The first-order chi connectivity index (χ1) is 4.63. The van der Waals surface area contributed by atoms with Gasteiger partial charge in [-0.1, -0.05) is 5.23 Å². The summed E-state index contributed by atoms with van der Waals surface area (Å²) in [7, 11) is 0. The van der Waals surface area contributed by atoms with E-state index in [1.165, 1.54) is 4.90 Å². The maximum Gasteiger partial charge on any atom is 0.369 e. The van der Waals surface area contributed by atoms with Gasteiger partial charge in [-0.3, -0.25) is 10.4 Å². The highest BCUT2D eigenvalue weighted by Crippen LogP contribution is 1.91. The Hall–Kier alpha value is -0.810. The van der Waals surface area contributed by atoms with Crippen LogP contribution >= 0.6 is 0 Å². The summed E-state index contributed by atoms with van der Waals surface area (Å²) in [6.45, 7) is 4.44. The lowest BCUT2D eigenvalue weighted by Gasteiger charge is -2.19. The average Bonchev–Trinajstić information content (AvgIpc) is 1.90. The fraction of sp³-hybridized carbons (Fsp3) is 0.800. The normalized spacial score (nSPS) is 9.20. The number of nitrogens with zero attached hydrogens (tertiary/aromatic N) is 2. The third-order valence-electron chi connectivity index (χ3n) is 1.21. The molecule has 0 heterocycles. The van der Waals surface area contributed by atoms with Crippen molar-refractivity contribution < 1.29 is 15.2 Å². The molecule has 0 saturated carbocycles. The zero-order valence-corrected chi connectivity index (χ0v) is 6.11. The van der Waals surface area contributed by atoms with Crippen LogP contribution in [0.1, 0.15) is 13.8 Å². The number of amides is 2. The summed E-state index contributed by atoms with van der Waals surface area (Å²) < 4.78 is 0. The molecule has 0 aliphatic heterocycles. The maximum atomic E-state index is 10.7. The van der Waals surface area contributed by atoms with Crippen LogP contribution in [0.2, 0.25) is 0 Å². The van der Waals surface area contributed by atoms with Gasteiger partial charge in [0.25, 0.3) is 0 Å². The molecule has 2 amide bonds. The van der Waals surface area contributed by atoms with Gasteiger partial charge in [-0.05, 0) is 13.8 Å². The topological polar surface area (TPSA) is 64.0 Å². The molecule has 0 fully saturated rings. The second-order valence-electron chi connectivity index (χ2n) is 1.74. The van der Waals surface area contributed by atoms with Crippen LogP contribution in [-0.4, -0.2) is 39.7 Å². The van der Waals surface area contributed by atoms with Gasteiger partial charge < -0.3 is 4.90 Å². The van der Waals surface area contributed by atoms with Crippen LogP contribution in [0.3, 0.4) is 0 Å². The zero-order valence-electron chi connectivity index (χ0n) is 6.11. The number of carbonyl (C=O) groups excluding carboxylic acids is 1. The van der Waals surface area contributed by atoms with E-state index < -0.39 is 11.3 Å². The summed E-state index contributed by atoms with van der Waals surface area (Å²) >= 11 is 0. The van der Waals surface area contributed by atoms with E-state index in [1.54, 1.807) is 13.8 Å². The number of urea groups is 1. The molecule has 5 heteroatoms. The number of carbonyl (C=O) groups is 1. The molecule has 0 aromatic rings. The standard InChI is InChI=1S/C5H12N2O3/c1-3-6(4-2)5(8)7(9)10/h9-10H,3-4H2,1-2H3. The Labute approximate surface area is 59.4 Å². The Bertz CT molecular complexity index is 111. The predicted octanol–water partition coefficient (Wildman–Crippen LogP) is 0.529. The lowest BCUT2D eigenvalue weighted by Crippen LogP contribution is -2.39. The van der Waals surface area contributed by atoms with Gasteiger partial charge in [0.05, 0.1) is 0 Å². The largest absolute Gasteiger partial charge is 0.369 e. The van der Waals surface area contributed by atoms with E-state index >= 15 is 0 Å². The Kier molecular flexibility index (Phi) is 3.75. The summed E-state index contributed by atoms with van der Waals surface area (Å²) in [6.07, 6.45) is 0. The highest BCUT2D eigenvalue weighted by Gasteiger charge is 2.13. The lowest BCUT2D eigenvalue weighted by molar-refractivity contribution is -0.264. The highest BCUT2D eigenvalue weighted by atomic mass is 16.8. The molecule has 0 rings (SSSR count). The molecule has 0 radical (unpaired) electrons. The van der Waals surface area contributed by atoms with Gasteiger partial charge in [-0.15, -0.1) is 0 Å². The quantitative estimate of drug-likeness (QED) is 0.443. The fourth-order valence-electron chi connectivity index (χ4n) is 0.621. The number of rotatable bonds is 2. The SMILES string of the molecule is CCN(CC)C(=O)N(O)O. The predicted molar refractivity (Wildman–Crippen MR) is 33.7 cm³/mol. The molecule has 0 spiro atoms. The first-order valence-corrected chi connectivity index (χ1v) is 3.10. The van der Waals surface area contributed by atoms with Crippen molar-refractivity contribution in [1.29, 1.82) is 0 Å². The van der Waals surface area contributed by atoms with Crippen LogP contribution in [0.15, 0.2) is 0 Å². The maximum absolute atomic E-state index is 10.7. The minimum Gasteiger partial charge on any atom is -0.322 e. The van der Waals surface area contributed by atoms with Crippen LogP contribution in [0.4, 0.5) is 4.79 Å². The molecular formula is C5H12N2O3. The Morgan fingerprint density at radius 1 is 1.30 bits per heavy atom. The van der Waals surface area contributed by atoms with Gasteiger partial charge in [0.2, 0.25) is 0 Å². The van der Waals surface area contributed by atoms with Crippen LogP contribution in [0, 0.1) is 0 Å². The molecule has 0 bridgehead atoms. The molecule has 0 aliphatic rings. The first kappa shape index (κ1) is 9.19. The third-order valence-corrected chi connectivity index (χ3v) is 1.21. The van der Waals surface area contributed by atoms with Crippen molar-refractivity contribution in [2.24, 2.45) is 0 Å². The molecule has 0 aromatic heterocycles. The van der Waals surface area contributed by atoms with E-state index in [2.05, 4.69) is 0 Å². The number of hydrogen-bond acceptors (Lipinski definition) is 3. The van der Waals surface area contributed by atoms with Crippen LogP contribution in [0.5, 0.6) is 0 Å². The molecule has 0 unspecified atom stereocenters. The van der Waals surface area contributed by atoms with Gasteiger partial charge in [-0.2, -0.15) is 0 Å². The van der Waals surface area contributed by atoms with E-state index in [9.17, 15) is 4.79 Å². The van der Waals surface area contributed by atoms with E-state index in [4.69, 9.17) is 10.4 Å². The summed E-state index contributed by atoms with van der Waals surface area (Å²) in [5.74, 6) is 0. The second-order valence-corrected chi connectivity index (χ2v) is 1.74. The van der Waals surface area contributed by atoms with Crippen molar-refractivity contribution in [3.05, 3.63) is 0 Å². The molecule has 60 valence electrons. The second kappa shape index (κ2) is 4.08. The molecular weight excluding hydrogens is 136 g/mol. The van der Waals surface area contributed by atoms with E-state index in [0.29, 0.717) is 13.1 Å². The van der Waals surface area contributed by atoms with Gasteiger partial charge in [-0.25, -0.2) is 4.79 Å². The van der Waals surface area contributed by atoms with Gasteiger partial charge in [0.1, 0.15) is 0 Å². The Morgan fingerprint density at radius 3 is 1.80 bits per heavy atom. The first-order valence-electron chi connectivity index (χ1n) is 3.10. The molecule has 0 saturated heterocycles. The van der Waals surface area contributed by atoms with E-state index in [1.807, 2.05) is 0 Å². The summed E-state index contributed by atoms with van der Waals surface area (Å²) in [5, 5.41) is 16.1. The fourth-order valence-corrected chi connectivity index (χ4v) is 0.621. The minimum absolute atomic E-state index is 0.410. The summed E-state index contributed by atoms with van der Waals surface area (Å²) in [6, 6.07) is -0.801. The number of hydrogen-bond donors (Lipinski definition) is 2. The van der Waals surface area contributed by atoms with Crippen LogP contribution < -0.4 is 0 Å². The van der Waals surface area contributed by atoms with Gasteiger partial charge in [0.15, 0.2) is 0 Å². The molecule has 5 nitrogen and oxygen atoms in total. The average molecular weight is 148 g/mol. The minimum atomic E-state index is -0.801. The van der Waals surface area contributed by atoms with Crippen molar-refractivity contribution in [1.82, 2.24) is 10.1 Å². The van der Waals surface area contributed by atoms with Crippen LogP contribution in [0.25, 0.3) is 0 Å². The summed E-state index contributed by atoms with van der Waals surface area (Å²) in [5.41, 5.74) is 0. The Balaban J connectivity index is 3.89. The van der Waals surface area contributed by atoms with Crippen molar-refractivity contribution >= 4 is 6.03 Å². The van der Waals surface area contributed by atoms with Crippen molar-refractivity contribution in [2.45, 2.75) is 13.8 Å². The molecule has 10 heavy (non-hydrogen) atoms. The van der Waals surface area contributed by atoms with Crippen LogP contribution in [-0.2, 0) is 0 Å². The van der Waals surface area contributed by atoms with Gasteiger partial charge in [0, 0.05) is 13.1 Å². The van der Waals surface area contributed by atoms with Crippen molar-refractivity contribution in [3.8, 4) is 0 Å². The third kappa shape index (κ3) is 2.20. The van der Waals surface area contributed by atoms with E-state index in [0.717, 1.165) is 0 Å². The zero-order chi connectivity index (χ0) is 8.15. The lowest BCUT2D eigenvalue weighted by atomic mass is 10.5. The Morgan fingerprint density at radius 2 is 1.70 bits per heavy atom. The van der Waals surface area contributed by atoms with Gasteiger partial charge >= 0.3 is 6.03 Å². The smallest absolute Gasteiger partial charge is 0.322 e. The molecule has 0 aromatic carbocycles.